The van der Waals surface area contributed by atoms with Gasteiger partial charge in [-0.15, -0.1) is 0 Å². The first-order chi connectivity index (χ1) is 9.62. The molecule has 2 N–H and O–H groups in total. The maximum atomic E-state index is 12.5. The molecule has 1 aliphatic carbocycles. The Morgan fingerprint density at radius 2 is 2.10 bits per heavy atom. The van der Waals surface area contributed by atoms with E-state index in [1.165, 1.54) is 6.42 Å². The van der Waals surface area contributed by atoms with Gasteiger partial charge in [-0.2, -0.15) is 0 Å². The Bertz CT molecular complexity index is 475. The van der Waals surface area contributed by atoms with Gasteiger partial charge in [-0.1, -0.05) is 20.3 Å². The van der Waals surface area contributed by atoms with E-state index >= 15 is 0 Å². The maximum absolute atomic E-state index is 12.5. The molecule has 110 valence electrons. The first-order valence-electron chi connectivity index (χ1n) is 7.63. The Hall–Kier alpha value is -1.58. The Kier molecular flexibility index (Phi) is 4.63. The van der Waals surface area contributed by atoms with Crippen LogP contribution in [0.5, 0.6) is 0 Å². The SMILES string of the molecule is CCCc1cc(C(=O)NC2(CC)CCC2)cc(NC)n1. The Morgan fingerprint density at radius 3 is 2.60 bits per heavy atom. The summed E-state index contributed by atoms with van der Waals surface area (Å²) in [5, 5.41) is 6.26. The summed E-state index contributed by atoms with van der Waals surface area (Å²) >= 11 is 0. The lowest BCUT2D eigenvalue weighted by atomic mass is 9.74. The largest absolute Gasteiger partial charge is 0.373 e. The van der Waals surface area contributed by atoms with E-state index in [9.17, 15) is 4.79 Å². The molecule has 2 rings (SSSR count). The van der Waals surface area contributed by atoms with E-state index in [0.717, 1.165) is 43.6 Å². The second-order valence-corrected chi connectivity index (χ2v) is 5.67. The molecule has 1 saturated carbocycles. The fourth-order valence-electron chi connectivity index (χ4n) is 2.71. The van der Waals surface area contributed by atoms with Gasteiger partial charge < -0.3 is 10.6 Å². The van der Waals surface area contributed by atoms with Gasteiger partial charge in [0.15, 0.2) is 0 Å². The average molecular weight is 275 g/mol. The van der Waals surface area contributed by atoms with Crippen LogP contribution in [0.4, 0.5) is 5.82 Å². The summed E-state index contributed by atoms with van der Waals surface area (Å²) in [5.74, 6) is 0.795. The summed E-state index contributed by atoms with van der Waals surface area (Å²) in [6.07, 6.45) is 6.34. The van der Waals surface area contributed by atoms with Gasteiger partial charge in [-0.05, 0) is 44.2 Å². The monoisotopic (exact) mass is 275 g/mol. The van der Waals surface area contributed by atoms with Crippen LogP contribution < -0.4 is 10.6 Å². The fourth-order valence-corrected chi connectivity index (χ4v) is 2.71. The molecule has 1 amide bonds. The summed E-state index contributed by atoms with van der Waals surface area (Å²) in [6, 6.07) is 3.75. The molecule has 4 nitrogen and oxygen atoms in total. The number of pyridine rings is 1. The molecule has 0 aliphatic heterocycles. The number of carbonyl (C=O) groups excluding carboxylic acids is 1. The minimum atomic E-state index is 0.0304. The van der Waals surface area contributed by atoms with Crippen LogP contribution in [0.1, 0.15) is 62.0 Å². The summed E-state index contributed by atoms with van der Waals surface area (Å²) < 4.78 is 0. The van der Waals surface area contributed by atoms with Gasteiger partial charge >= 0.3 is 0 Å². The number of amides is 1. The quantitative estimate of drug-likeness (QED) is 0.838. The lowest BCUT2D eigenvalue weighted by molar-refractivity contribution is 0.0820. The molecule has 1 aromatic heterocycles. The first kappa shape index (κ1) is 14.8. The van der Waals surface area contributed by atoms with Gasteiger partial charge in [0.1, 0.15) is 5.82 Å². The third-order valence-corrected chi connectivity index (χ3v) is 4.27. The van der Waals surface area contributed by atoms with E-state index in [2.05, 4.69) is 29.5 Å². The van der Waals surface area contributed by atoms with Crippen molar-refractivity contribution in [1.29, 1.82) is 0 Å². The van der Waals surface area contributed by atoms with Crippen LogP contribution >= 0.6 is 0 Å². The molecule has 0 radical (unpaired) electrons. The number of hydrogen-bond acceptors (Lipinski definition) is 3. The van der Waals surface area contributed by atoms with Gasteiger partial charge in [0.05, 0.1) is 0 Å². The fraction of sp³-hybridized carbons (Fsp3) is 0.625. The zero-order chi connectivity index (χ0) is 14.6. The van der Waals surface area contributed by atoms with Crippen LogP contribution in [-0.2, 0) is 6.42 Å². The van der Waals surface area contributed by atoms with Gasteiger partial charge in [0.25, 0.3) is 5.91 Å². The van der Waals surface area contributed by atoms with Crippen LogP contribution in [0.15, 0.2) is 12.1 Å². The Balaban J connectivity index is 2.17. The second kappa shape index (κ2) is 6.25. The van der Waals surface area contributed by atoms with E-state index in [1.54, 1.807) is 0 Å². The summed E-state index contributed by atoms with van der Waals surface area (Å²) in [7, 11) is 1.83. The van der Waals surface area contributed by atoms with Crippen LogP contribution in [0.3, 0.4) is 0 Å². The number of nitrogens with one attached hydrogen (secondary N) is 2. The van der Waals surface area contributed by atoms with Crippen LogP contribution in [-0.4, -0.2) is 23.5 Å². The van der Waals surface area contributed by atoms with E-state index < -0.39 is 0 Å². The van der Waals surface area contributed by atoms with Crippen molar-refractivity contribution in [2.75, 3.05) is 12.4 Å². The van der Waals surface area contributed by atoms with Gasteiger partial charge in [0.2, 0.25) is 0 Å². The van der Waals surface area contributed by atoms with Crippen molar-refractivity contribution in [3.8, 4) is 0 Å². The van der Waals surface area contributed by atoms with Crippen molar-refractivity contribution in [2.45, 2.75) is 57.9 Å². The minimum absolute atomic E-state index is 0.0304. The molecule has 0 aromatic carbocycles. The van der Waals surface area contributed by atoms with Crippen molar-refractivity contribution in [3.63, 3.8) is 0 Å². The van der Waals surface area contributed by atoms with E-state index in [1.807, 2.05) is 19.2 Å². The molecule has 20 heavy (non-hydrogen) atoms. The third-order valence-electron chi connectivity index (χ3n) is 4.27. The number of aryl methyl sites for hydroxylation is 1. The maximum Gasteiger partial charge on any atom is 0.251 e. The van der Waals surface area contributed by atoms with Crippen molar-refractivity contribution < 1.29 is 4.79 Å². The highest BCUT2D eigenvalue weighted by molar-refractivity contribution is 5.95. The van der Waals surface area contributed by atoms with Gasteiger partial charge in [-0.3, -0.25) is 4.79 Å². The lowest BCUT2D eigenvalue weighted by Gasteiger charge is -2.42. The molecule has 1 fully saturated rings. The third kappa shape index (κ3) is 3.11. The van der Waals surface area contributed by atoms with Crippen LogP contribution in [0, 0.1) is 0 Å². The van der Waals surface area contributed by atoms with Gasteiger partial charge in [0, 0.05) is 23.8 Å². The highest BCUT2D eigenvalue weighted by Gasteiger charge is 2.36. The van der Waals surface area contributed by atoms with Gasteiger partial charge in [-0.25, -0.2) is 4.98 Å². The van der Waals surface area contributed by atoms with Crippen molar-refractivity contribution in [1.82, 2.24) is 10.3 Å². The molecule has 0 atom stereocenters. The molecular weight excluding hydrogens is 250 g/mol. The zero-order valence-electron chi connectivity index (χ0n) is 12.8. The molecule has 0 unspecified atom stereocenters. The molecule has 0 spiro atoms. The summed E-state index contributed by atoms with van der Waals surface area (Å²) in [6.45, 7) is 4.27. The van der Waals surface area contributed by atoms with Crippen molar-refractivity contribution >= 4 is 11.7 Å². The number of carbonyl (C=O) groups is 1. The molecule has 1 aliphatic rings. The summed E-state index contributed by atoms with van der Waals surface area (Å²) in [5.41, 5.74) is 1.72. The molecule has 4 heteroatoms. The lowest BCUT2D eigenvalue weighted by Crippen LogP contribution is -2.53. The molecule has 0 saturated heterocycles. The molecule has 0 bridgehead atoms. The normalized spacial score (nSPS) is 16.4. The number of hydrogen-bond donors (Lipinski definition) is 2. The van der Waals surface area contributed by atoms with Crippen LogP contribution in [0.25, 0.3) is 0 Å². The van der Waals surface area contributed by atoms with E-state index in [0.29, 0.717) is 5.56 Å². The standard InChI is InChI=1S/C16H25N3O/c1-4-7-13-10-12(11-14(17-3)18-13)15(20)19-16(5-2)8-6-9-16/h10-11H,4-9H2,1-3H3,(H,17,18)(H,19,20). The number of rotatable bonds is 6. The predicted octanol–water partition coefficient (Wildman–Crippen LogP) is 3.14. The van der Waals surface area contributed by atoms with Crippen molar-refractivity contribution in [3.05, 3.63) is 23.4 Å². The number of aromatic nitrogens is 1. The smallest absolute Gasteiger partial charge is 0.251 e. The first-order valence-corrected chi connectivity index (χ1v) is 7.63. The second-order valence-electron chi connectivity index (χ2n) is 5.67. The summed E-state index contributed by atoms with van der Waals surface area (Å²) in [4.78, 5) is 17.0. The van der Waals surface area contributed by atoms with E-state index in [4.69, 9.17) is 0 Å². The van der Waals surface area contributed by atoms with E-state index in [-0.39, 0.29) is 11.4 Å². The highest BCUT2D eigenvalue weighted by Crippen LogP contribution is 2.34. The highest BCUT2D eigenvalue weighted by atomic mass is 16.1. The predicted molar refractivity (Wildman–Crippen MR) is 82.1 cm³/mol. The molecule has 1 heterocycles. The molecule has 1 aromatic rings. The topological polar surface area (TPSA) is 54.0 Å². The number of nitrogens with zero attached hydrogens (tertiary/aromatic N) is 1. The Morgan fingerprint density at radius 1 is 1.35 bits per heavy atom. The van der Waals surface area contributed by atoms with Crippen molar-refractivity contribution in [2.24, 2.45) is 0 Å². The molecular formula is C16H25N3O. The number of anilines is 1. The Labute approximate surface area is 121 Å². The zero-order valence-corrected chi connectivity index (χ0v) is 12.8. The minimum Gasteiger partial charge on any atom is -0.373 e. The average Bonchev–Trinajstić information content (AvgIpc) is 2.42. The van der Waals surface area contributed by atoms with Crippen LogP contribution in [0.2, 0.25) is 0 Å².